The van der Waals surface area contributed by atoms with Crippen molar-refractivity contribution in [3.05, 3.63) is 90.1 Å². The zero-order valence-electron chi connectivity index (χ0n) is 23.1. The molecule has 1 aliphatic rings. The molecule has 1 aliphatic carbocycles. The third kappa shape index (κ3) is 6.49. The lowest BCUT2D eigenvalue weighted by Crippen LogP contribution is -2.33. The summed E-state index contributed by atoms with van der Waals surface area (Å²) in [6, 6.07) is 24.0. The molecule has 0 spiro atoms. The van der Waals surface area contributed by atoms with Gasteiger partial charge in [-0.2, -0.15) is 0 Å². The van der Waals surface area contributed by atoms with E-state index in [-0.39, 0.29) is 29.8 Å². The molecule has 5 N–H and O–H groups in total. The van der Waals surface area contributed by atoms with Gasteiger partial charge in [0.15, 0.2) is 5.78 Å². The Kier molecular flexibility index (Phi) is 8.41. The number of carbonyl (C=O) groups excluding carboxylic acids is 2. The summed E-state index contributed by atoms with van der Waals surface area (Å²) in [7, 11) is 0. The van der Waals surface area contributed by atoms with Gasteiger partial charge in [-0.25, -0.2) is 4.79 Å². The largest absolute Gasteiger partial charge is 0.381 e. The van der Waals surface area contributed by atoms with Gasteiger partial charge >= 0.3 is 6.03 Å². The lowest BCUT2D eigenvalue weighted by Gasteiger charge is -2.29. The second-order valence-corrected chi connectivity index (χ2v) is 10.9. The van der Waals surface area contributed by atoms with E-state index in [1.165, 1.54) is 0 Å². The number of ketones is 1. The van der Waals surface area contributed by atoms with Crippen molar-refractivity contribution in [1.82, 2.24) is 10.3 Å². The summed E-state index contributed by atoms with van der Waals surface area (Å²) in [4.78, 5) is 30.2. The number of fused-ring (bicyclic) bond motifs is 1. The van der Waals surface area contributed by atoms with Gasteiger partial charge in [0.25, 0.3) is 0 Å². The Balaban J connectivity index is 1.38. The number of nitrogens with one attached hydrogen (secondary N) is 3. The molecule has 0 atom stereocenters. The molecule has 7 nitrogen and oxygen atoms in total. The minimum atomic E-state index is -0.255. The fraction of sp³-hybridized carbons (Fsp3) is 0.303. The lowest BCUT2D eigenvalue weighted by atomic mass is 9.90. The highest BCUT2D eigenvalue weighted by atomic mass is 16.2. The molecule has 0 bridgehead atoms. The van der Waals surface area contributed by atoms with Gasteiger partial charge in [-0.1, -0.05) is 62.4 Å². The Hall–Kier alpha value is -4.23. The highest BCUT2D eigenvalue weighted by molar-refractivity contribution is 6.09. The van der Waals surface area contributed by atoms with E-state index < -0.39 is 0 Å². The number of anilines is 2. The number of amides is 2. The summed E-state index contributed by atoms with van der Waals surface area (Å²) in [5.41, 5.74) is 12.2. The molecule has 7 heteroatoms. The Labute approximate surface area is 235 Å². The first-order valence-corrected chi connectivity index (χ1v) is 14.1. The highest BCUT2D eigenvalue weighted by Gasteiger charge is 2.23. The van der Waals surface area contributed by atoms with Crippen LogP contribution in [-0.2, 0) is 6.54 Å². The molecule has 4 aromatic rings. The first-order valence-electron chi connectivity index (χ1n) is 14.1. The molecule has 0 aliphatic heterocycles. The molecule has 0 radical (unpaired) electrons. The monoisotopic (exact) mass is 535 g/mol. The molecule has 3 aromatic carbocycles. The molecule has 0 unspecified atom stereocenters. The summed E-state index contributed by atoms with van der Waals surface area (Å²) < 4.78 is 0. The van der Waals surface area contributed by atoms with Crippen LogP contribution in [0.3, 0.4) is 0 Å². The highest BCUT2D eigenvalue weighted by Crippen LogP contribution is 2.34. The standard InChI is InChI=1S/C33H37N5O2/c1-21(2)32(39)29-20-35-30-17-10-24(18-28(30)31(29)37-26-15-11-25(34)12-16-26)23-8-13-27(14-9-23)38-33(40)36-19-22-6-4-3-5-7-22/h3-10,13-14,17-18,20-21,25-26H,11-12,15-16,19,34H2,1-2H3,(H,35,37)(H2,36,38,40)/t25-,26-. The third-order valence-electron chi connectivity index (χ3n) is 7.55. The number of carbonyl (C=O) groups is 2. The lowest BCUT2D eigenvalue weighted by molar-refractivity contribution is 0.0940. The van der Waals surface area contributed by atoms with E-state index in [9.17, 15) is 9.59 Å². The number of hydrogen-bond acceptors (Lipinski definition) is 5. The van der Waals surface area contributed by atoms with Crippen LogP contribution in [0.1, 0.15) is 55.5 Å². The molecule has 5 rings (SSSR count). The van der Waals surface area contributed by atoms with Gasteiger partial charge in [-0.3, -0.25) is 9.78 Å². The smallest absolute Gasteiger partial charge is 0.319 e. The molecule has 1 aromatic heterocycles. The molecular weight excluding hydrogens is 498 g/mol. The van der Waals surface area contributed by atoms with Crippen LogP contribution in [0.15, 0.2) is 79.0 Å². The normalized spacial score (nSPS) is 17.0. The van der Waals surface area contributed by atoms with E-state index in [2.05, 4.69) is 27.0 Å². The first kappa shape index (κ1) is 27.3. The number of Topliss-reactive ketones (excluding diaryl/α,β-unsaturated/α-hetero) is 1. The minimum Gasteiger partial charge on any atom is -0.381 e. The summed E-state index contributed by atoms with van der Waals surface area (Å²) in [6.45, 7) is 4.30. The fourth-order valence-corrected chi connectivity index (χ4v) is 5.19. The second kappa shape index (κ2) is 12.3. The maximum absolute atomic E-state index is 13.2. The van der Waals surface area contributed by atoms with Crippen molar-refractivity contribution in [2.75, 3.05) is 10.6 Å². The van der Waals surface area contributed by atoms with Gasteiger partial charge in [0.1, 0.15) is 0 Å². The number of benzene rings is 3. The van der Waals surface area contributed by atoms with Crippen molar-refractivity contribution in [1.29, 1.82) is 0 Å². The molecule has 40 heavy (non-hydrogen) atoms. The van der Waals surface area contributed by atoms with Crippen LogP contribution in [0.2, 0.25) is 0 Å². The topological polar surface area (TPSA) is 109 Å². The molecule has 1 fully saturated rings. The number of hydrogen-bond donors (Lipinski definition) is 4. The van der Waals surface area contributed by atoms with Gasteiger partial charge in [0.05, 0.1) is 16.8 Å². The van der Waals surface area contributed by atoms with Gasteiger partial charge in [-0.05, 0) is 66.6 Å². The Bertz CT molecular complexity index is 1480. The predicted molar refractivity (Wildman–Crippen MR) is 163 cm³/mol. The summed E-state index contributed by atoms with van der Waals surface area (Å²) in [5.74, 6) is -0.0523. The summed E-state index contributed by atoms with van der Waals surface area (Å²) in [5, 5.41) is 10.4. The number of pyridine rings is 1. The van der Waals surface area contributed by atoms with Gasteiger partial charge in [0.2, 0.25) is 0 Å². The van der Waals surface area contributed by atoms with E-state index >= 15 is 0 Å². The maximum Gasteiger partial charge on any atom is 0.319 e. The van der Waals surface area contributed by atoms with E-state index in [1.54, 1.807) is 6.20 Å². The second-order valence-electron chi connectivity index (χ2n) is 10.9. The average Bonchev–Trinajstić information content (AvgIpc) is 2.97. The summed E-state index contributed by atoms with van der Waals surface area (Å²) >= 11 is 0. The van der Waals surface area contributed by atoms with Crippen molar-refractivity contribution in [2.24, 2.45) is 11.7 Å². The minimum absolute atomic E-state index is 0.0794. The van der Waals surface area contributed by atoms with E-state index in [4.69, 9.17) is 5.73 Å². The number of rotatable bonds is 8. The van der Waals surface area contributed by atoms with Gasteiger partial charge in [0, 0.05) is 41.8 Å². The van der Waals surface area contributed by atoms with E-state index in [1.807, 2.05) is 80.6 Å². The third-order valence-corrected chi connectivity index (χ3v) is 7.55. The molecule has 1 saturated carbocycles. The van der Waals surface area contributed by atoms with E-state index in [0.29, 0.717) is 17.8 Å². The number of nitrogens with two attached hydrogens (primary N) is 1. The maximum atomic E-state index is 13.2. The van der Waals surface area contributed by atoms with E-state index in [0.717, 1.165) is 59.0 Å². The van der Waals surface area contributed by atoms with Crippen LogP contribution >= 0.6 is 0 Å². The van der Waals surface area contributed by atoms with Crippen LogP contribution in [0.25, 0.3) is 22.0 Å². The number of urea groups is 1. The zero-order chi connectivity index (χ0) is 28.1. The molecule has 0 saturated heterocycles. The van der Waals surface area contributed by atoms with Crippen molar-refractivity contribution < 1.29 is 9.59 Å². The SMILES string of the molecule is CC(C)C(=O)c1cnc2ccc(-c3ccc(NC(=O)NCc4ccccc4)cc3)cc2c1N[C@H]1CC[C@H](N)CC1. The van der Waals surface area contributed by atoms with Crippen molar-refractivity contribution in [3.8, 4) is 11.1 Å². The molecule has 2 amide bonds. The van der Waals surface area contributed by atoms with Crippen molar-refractivity contribution in [2.45, 2.75) is 58.2 Å². The zero-order valence-corrected chi connectivity index (χ0v) is 23.1. The van der Waals surface area contributed by atoms with Crippen LogP contribution in [-0.4, -0.2) is 28.9 Å². The van der Waals surface area contributed by atoms with Gasteiger partial charge < -0.3 is 21.7 Å². The van der Waals surface area contributed by atoms with Crippen molar-refractivity contribution in [3.63, 3.8) is 0 Å². The Morgan fingerprint density at radius 1 is 0.925 bits per heavy atom. The van der Waals surface area contributed by atoms with Crippen LogP contribution < -0.4 is 21.7 Å². The van der Waals surface area contributed by atoms with Crippen LogP contribution in [0.5, 0.6) is 0 Å². The number of nitrogens with zero attached hydrogens (tertiary/aromatic N) is 1. The van der Waals surface area contributed by atoms with Crippen LogP contribution in [0.4, 0.5) is 16.2 Å². The van der Waals surface area contributed by atoms with Crippen LogP contribution in [0, 0.1) is 5.92 Å². The fourth-order valence-electron chi connectivity index (χ4n) is 5.19. The van der Waals surface area contributed by atoms with Gasteiger partial charge in [-0.15, -0.1) is 0 Å². The quantitative estimate of drug-likeness (QED) is 0.187. The Morgan fingerprint density at radius 3 is 2.33 bits per heavy atom. The molecule has 206 valence electrons. The average molecular weight is 536 g/mol. The summed E-state index contributed by atoms with van der Waals surface area (Å²) in [6.07, 6.45) is 5.62. The number of aromatic nitrogens is 1. The first-order chi connectivity index (χ1) is 19.4. The molecular formula is C33H37N5O2. The predicted octanol–water partition coefficient (Wildman–Crippen LogP) is 6.74. The van der Waals surface area contributed by atoms with Crippen molar-refractivity contribution >= 4 is 34.1 Å². The molecule has 1 heterocycles. The Morgan fingerprint density at radius 2 is 1.62 bits per heavy atom.